The molecule has 0 spiro atoms. The number of hydrogen-bond acceptors (Lipinski definition) is 7. The Kier molecular flexibility index (Phi) is 5.13. The van der Waals surface area contributed by atoms with Crippen LogP contribution in [0.15, 0.2) is 47.3 Å². The molecule has 1 amide bonds. The first-order valence-electron chi connectivity index (χ1n) is 9.12. The molecule has 0 aliphatic heterocycles. The summed E-state index contributed by atoms with van der Waals surface area (Å²) in [6.07, 6.45) is 0.850. The third kappa shape index (κ3) is 3.64. The van der Waals surface area contributed by atoms with Crippen LogP contribution in [0.4, 0.5) is 10.8 Å². The number of methoxy groups -OCH3 is 1. The summed E-state index contributed by atoms with van der Waals surface area (Å²) in [6, 6.07) is 12.3. The predicted octanol–water partition coefficient (Wildman–Crippen LogP) is 3.20. The molecule has 0 aliphatic rings. The second-order valence-electron chi connectivity index (χ2n) is 6.33. The van der Waals surface area contributed by atoms with Crippen LogP contribution in [0, 0.1) is 0 Å². The summed E-state index contributed by atoms with van der Waals surface area (Å²) in [7, 11) is 1.59. The van der Waals surface area contributed by atoms with Crippen LogP contribution < -0.4 is 20.9 Å². The van der Waals surface area contributed by atoms with Crippen LogP contribution >= 0.6 is 11.3 Å². The molecule has 0 aliphatic carbocycles. The van der Waals surface area contributed by atoms with E-state index in [1.54, 1.807) is 25.3 Å². The van der Waals surface area contributed by atoms with E-state index in [1.165, 1.54) is 15.9 Å². The average Bonchev–Trinajstić information content (AvgIpc) is 3.14. The minimum absolute atomic E-state index is 0.182. The van der Waals surface area contributed by atoms with E-state index in [1.807, 2.05) is 31.2 Å². The molecule has 0 unspecified atom stereocenters. The molecule has 0 radical (unpaired) electrons. The maximum Gasteiger partial charge on any atom is 0.283 e. The van der Waals surface area contributed by atoms with Gasteiger partial charge < -0.3 is 15.4 Å². The number of fused-ring (bicyclic) bond motifs is 2. The van der Waals surface area contributed by atoms with E-state index < -0.39 is 0 Å². The summed E-state index contributed by atoms with van der Waals surface area (Å²) in [6.45, 7) is 2.58. The molecule has 0 saturated carbocycles. The normalized spacial score (nSPS) is 11.0. The third-order valence-corrected chi connectivity index (χ3v) is 5.17. The van der Waals surface area contributed by atoms with Gasteiger partial charge in [-0.15, -0.1) is 5.10 Å². The van der Waals surface area contributed by atoms with Crippen molar-refractivity contribution < 1.29 is 9.53 Å². The van der Waals surface area contributed by atoms with E-state index in [2.05, 4.69) is 20.7 Å². The zero-order valence-corrected chi connectivity index (χ0v) is 16.7. The van der Waals surface area contributed by atoms with Gasteiger partial charge >= 0.3 is 0 Å². The number of rotatable bonds is 6. The van der Waals surface area contributed by atoms with Crippen molar-refractivity contribution in [2.24, 2.45) is 0 Å². The van der Waals surface area contributed by atoms with Gasteiger partial charge in [0.2, 0.25) is 10.1 Å². The standard InChI is InChI=1S/C20H19N5O3S/c1-3-10-21-17(26)12-8-9-13-15(11-12)23-20-25(18(13)27)24-19(29-20)22-14-6-4-5-7-16(14)28-2/h4-9,11H,3,10H2,1-2H3,(H,21,26)(H,22,24). The first kappa shape index (κ1) is 18.9. The molecular weight excluding hydrogens is 390 g/mol. The van der Waals surface area contributed by atoms with Gasteiger partial charge in [-0.05, 0) is 36.8 Å². The number of para-hydroxylation sites is 2. The molecule has 0 fully saturated rings. The van der Waals surface area contributed by atoms with Crippen LogP contribution in [0.3, 0.4) is 0 Å². The lowest BCUT2D eigenvalue weighted by molar-refractivity contribution is 0.0954. The molecular formula is C20H19N5O3S. The summed E-state index contributed by atoms with van der Waals surface area (Å²) in [5.74, 6) is 0.485. The molecule has 29 heavy (non-hydrogen) atoms. The number of amides is 1. The number of carbonyl (C=O) groups is 1. The first-order valence-corrected chi connectivity index (χ1v) is 9.94. The van der Waals surface area contributed by atoms with Crippen LogP contribution in [-0.4, -0.2) is 34.2 Å². The van der Waals surface area contributed by atoms with Crippen molar-refractivity contribution in [2.75, 3.05) is 19.0 Å². The summed E-state index contributed by atoms with van der Waals surface area (Å²) < 4.78 is 6.60. The maximum absolute atomic E-state index is 12.8. The Labute approximate surface area is 170 Å². The number of ether oxygens (including phenoxy) is 1. The molecule has 0 atom stereocenters. The fourth-order valence-corrected chi connectivity index (χ4v) is 3.71. The molecule has 9 heteroatoms. The third-order valence-electron chi connectivity index (χ3n) is 4.34. The van der Waals surface area contributed by atoms with E-state index >= 15 is 0 Å². The Morgan fingerprint density at radius 2 is 2.07 bits per heavy atom. The van der Waals surface area contributed by atoms with Crippen molar-refractivity contribution in [3.8, 4) is 5.75 Å². The van der Waals surface area contributed by atoms with Crippen molar-refractivity contribution in [1.29, 1.82) is 0 Å². The van der Waals surface area contributed by atoms with Crippen molar-refractivity contribution in [2.45, 2.75) is 13.3 Å². The first-order chi connectivity index (χ1) is 14.1. The highest BCUT2D eigenvalue weighted by Crippen LogP contribution is 2.29. The van der Waals surface area contributed by atoms with Gasteiger partial charge in [-0.3, -0.25) is 9.59 Å². The van der Waals surface area contributed by atoms with Gasteiger partial charge in [-0.1, -0.05) is 30.4 Å². The SMILES string of the molecule is CCCNC(=O)c1ccc2c(=O)n3nc(Nc4ccccc4OC)sc3nc2c1. The Morgan fingerprint density at radius 3 is 2.86 bits per heavy atom. The van der Waals surface area contributed by atoms with E-state index in [0.717, 1.165) is 12.1 Å². The van der Waals surface area contributed by atoms with Crippen molar-refractivity contribution in [3.05, 3.63) is 58.4 Å². The highest BCUT2D eigenvalue weighted by Gasteiger charge is 2.14. The highest BCUT2D eigenvalue weighted by molar-refractivity contribution is 7.20. The second kappa shape index (κ2) is 7.88. The van der Waals surface area contributed by atoms with Crippen LogP contribution in [0.25, 0.3) is 15.9 Å². The van der Waals surface area contributed by atoms with Crippen molar-refractivity contribution in [1.82, 2.24) is 19.9 Å². The van der Waals surface area contributed by atoms with Gasteiger partial charge in [0.05, 0.1) is 23.7 Å². The predicted molar refractivity (Wildman–Crippen MR) is 114 cm³/mol. The lowest BCUT2D eigenvalue weighted by Gasteiger charge is -2.07. The molecule has 2 N–H and O–H groups in total. The monoisotopic (exact) mass is 409 g/mol. The minimum atomic E-state index is -0.283. The minimum Gasteiger partial charge on any atom is -0.495 e. The largest absolute Gasteiger partial charge is 0.495 e. The molecule has 2 heterocycles. The Morgan fingerprint density at radius 1 is 1.24 bits per heavy atom. The number of hydrogen-bond donors (Lipinski definition) is 2. The fraction of sp³-hybridized carbons (Fsp3) is 0.200. The number of benzene rings is 2. The average molecular weight is 409 g/mol. The molecule has 2 aromatic heterocycles. The lowest BCUT2D eigenvalue weighted by Crippen LogP contribution is -2.24. The summed E-state index contributed by atoms with van der Waals surface area (Å²) in [4.78, 5) is 30.0. The van der Waals surface area contributed by atoms with Gasteiger partial charge in [-0.25, -0.2) is 4.98 Å². The second-order valence-corrected chi connectivity index (χ2v) is 7.29. The van der Waals surface area contributed by atoms with E-state index in [9.17, 15) is 9.59 Å². The molecule has 0 saturated heterocycles. The number of carbonyl (C=O) groups excluding carboxylic acids is 1. The smallest absolute Gasteiger partial charge is 0.283 e. The quantitative estimate of drug-likeness (QED) is 0.508. The van der Waals surface area contributed by atoms with E-state index in [-0.39, 0.29) is 11.5 Å². The molecule has 8 nitrogen and oxygen atoms in total. The van der Waals surface area contributed by atoms with Crippen molar-refractivity contribution in [3.63, 3.8) is 0 Å². The van der Waals surface area contributed by atoms with Crippen LogP contribution in [0.1, 0.15) is 23.7 Å². The molecule has 4 aromatic rings. The van der Waals surface area contributed by atoms with Crippen LogP contribution in [-0.2, 0) is 0 Å². The summed E-state index contributed by atoms with van der Waals surface area (Å²) >= 11 is 1.24. The zero-order chi connectivity index (χ0) is 20.4. The van der Waals surface area contributed by atoms with Gasteiger partial charge in [0.1, 0.15) is 5.75 Å². The molecule has 2 aromatic carbocycles. The highest BCUT2D eigenvalue weighted by atomic mass is 32.1. The topological polar surface area (TPSA) is 97.6 Å². The lowest BCUT2D eigenvalue weighted by atomic mass is 10.1. The number of anilines is 2. The summed E-state index contributed by atoms with van der Waals surface area (Å²) in [5, 5.41) is 11.3. The Bertz CT molecular complexity index is 1260. The van der Waals surface area contributed by atoms with Crippen LogP contribution in [0.5, 0.6) is 5.75 Å². The Balaban J connectivity index is 1.74. The number of aromatic nitrogens is 3. The van der Waals surface area contributed by atoms with Gasteiger partial charge in [-0.2, -0.15) is 4.52 Å². The van der Waals surface area contributed by atoms with Crippen molar-refractivity contribution >= 4 is 43.9 Å². The van der Waals surface area contributed by atoms with E-state index in [4.69, 9.17) is 4.74 Å². The number of nitrogens with one attached hydrogen (secondary N) is 2. The Hall–Kier alpha value is -3.46. The van der Waals surface area contributed by atoms with Crippen LogP contribution in [0.2, 0.25) is 0 Å². The fourth-order valence-electron chi connectivity index (χ4n) is 2.90. The number of nitrogens with zero attached hydrogens (tertiary/aromatic N) is 3. The van der Waals surface area contributed by atoms with E-state index in [0.29, 0.717) is 38.9 Å². The van der Waals surface area contributed by atoms with Gasteiger partial charge in [0.15, 0.2) is 0 Å². The molecule has 4 rings (SSSR count). The maximum atomic E-state index is 12.8. The summed E-state index contributed by atoms with van der Waals surface area (Å²) in [5.41, 5.74) is 1.39. The zero-order valence-electron chi connectivity index (χ0n) is 15.9. The molecule has 148 valence electrons. The molecule has 0 bridgehead atoms. The van der Waals surface area contributed by atoms with Gasteiger partial charge in [0, 0.05) is 12.1 Å². The van der Waals surface area contributed by atoms with Gasteiger partial charge in [0.25, 0.3) is 11.5 Å².